The Kier molecular flexibility index (Phi) is 10.5. The first-order valence-electron chi connectivity index (χ1n) is 6.62. The second-order valence-electron chi connectivity index (χ2n) is 4.33. The smallest absolute Gasteiger partial charge is 0.190 e. The standard InChI is InChI=1S/C14H24N4.HI/c1-4-5-8-17-14(15-3)18-10-7-13-6-9-16-11-12(13)2;/h6,9,11H,4-5,7-8,10H2,1-3H3,(H2,15,17,18);1H. The van der Waals surface area contributed by atoms with Crippen LogP contribution in [0.1, 0.15) is 30.9 Å². The molecule has 0 saturated carbocycles. The minimum absolute atomic E-state index is 0. The Balaban J connectivity index is 0.00000324. The third-order valence-corrected chi connectivity index (χ3v) is 2.87. The SMILES string of the molecule is CCCCNC(=NC)NCCc1ccncc1C.I. The minimum Gasteiger partial charge on any atom is -0.356 e. The Morgan fingerprint density at radius 2 is 2.05 bits per heavy atom. The number of aromatic nitrogens is 1. The Morgan fingerprint density at radius 1 is 1.32 bits per heavy atom. The van der Waals surface area contributed by atoms with Gasteiger partial charge in [-0.25, -0.2) is 0 Å². The van der Waals surface area contributed by atoms with Gasteiger partial charge in [-0.15, -0.1) is 24.0 Å². The van der Waals surface area contributed by atoms with E-state index in [1.165, 1.54) is 24.0 Å². The van der Waals surface area contributed by atoms with E-state index in [1.807, 2.05) is 12.4 Å². The molecule has 108 valence electrons. The summed E-state index contributed by atoms with van der Waals surface area (Å²) >= 11 is 0. The molecule has 1 heterocycles. The molecule has 0 fully saturated rings. The third kappa shape index (κ3) is 7.34. The predicted octanol–water partition coefficient (Wildman–Crippen LogP) is 2.52. The maximum Gasteiger partial charge on any atom is 0.190 e. The zero-order valence-corrected chi connectivity index (χ0v) is 14.4. The average molecular weight is 376 g/mol. The van der Waals surface area contributed by atoms with Gasteiger partial charge < -0.3 is 10.6 Å². The lowest BCUT2D eigenvalue weighted by atomic mass is 10.1. The zero-order valence-electron chi connectivity index (χ0n) is 12.1. The van der Waals surface area contributed by atoms with Gasteiger partial charge >= 0.3 is 0 Å². The first kappa shape index (κ1) is 18.1. The molecule has 0 aliphatic heterocycles. The van der Waals surface area contributed by atoms with Crippen molar-refractivity contribution in [1.29, 1.82) is 0 Å². The van der Waals surface area contributed by atoms with E-state index in [1.54, 1.807) is 7.05 Å². The molecule has 4 nitrogen and oxygen atoms in total. The number of guanidine groups is 1. The van der Waals surface area contributed by atoms with Crippen molar-refractivity contribution < 1.29 is 0 Å². The molecule has 0 aliphatic rings. The van der Waals surface area contributed by atoms with Gasteiger partial charge in [0.15, 0.2) is 5.96 Å². The van der Waals surface area contributed by atoms with E-state index in [0.29, 0.717) is 0 Å². The van der Waals surface area contributed by atoms with Crippen molar-refractivity contribution in [2.45, 2.75) is 33.1 Å². The minimum atomic E-state index is 0. The van der Waals surface area contributed by atoms with Crippen LogP contribution in [0.2, 0.25) is 0 Å². The summed E-state index contributed by atoms with van der Waals surface area (Å²) < 4.78 is 0. The van der Waals surface area contributed by atoms with Crippen molar-refractivity contribution in [1.82, 2.24) is 15.6 Å². The fourth-order valence-electron chi connectivity index (χ4n) is 1.70. The molecule has 0 saturated heterocycles. The molecule has 1 aromatic heterocycles. The number of nitrogens with zero attached hydrogens (tertiary/aromatic N) is 2. The van der Waals surface area contributed by atoms with Crippen LogP contribution in [0.5, 0.6) is 0 Å². The molecule has 1 rings (SSSR count). The maximum absolute atomic E-state index is 4.20. The van der Waals surface area contributed by atoms with E-state index >= 15 is 0 Å². The van der Waals surface area contributed by atoms with Crippen molar-refractivity contribution in [3.63, 3.8) is 0 Å². The number of hydrogen-bond acceptors (Lipinski definition) is 2. The van der Waals surface area contributed by atoms with E-state index in [-0.39, 0.29) is 24.0 Å². The fraction of sp³-hybridized carbons (Fsp3) is 0.571. The van der Waals surface area contributed by atoms with Crippen LogP contribution in [0.3, 0.4) is 0 Å². The monoisotopic (exact) mass is 376 g/mol. The quantitative estimate of drug-likeness (QED) is 0.347. The highest BCUT2D eigenvalue weighted by Gasteiger charge is 1.99. The number of nitrogens with one attached hydrogen (secondary N) is 2. The highest BCUT2D eigenvalue weighted by molar-refractivity contribution is 14.0. The van der Waals surface area contributed by atoms with Gasteiger partial charge in [0, 0.05) is 32.5 Å². The van der Waals surface area contributed by atoms with Crippen LogP contribution in [-0.4, -0.2) is 31.1 Å². The second-order valence-corrected chi connectivity index (χ2v) is 4.33. The number of hydrogen-bond donors (Lipinski definition) is 2. The number of aryl methyl sites for hydroxylation is 1. The lowest BCUT2D eigenvalue weighted by Crippen LogP contribution is -2.38. The van der Waals surface area contributed by atoms with E-state index < -0.39 is 0 Å². The predicted molar refractivity (Wildman–Crippen MR) is 92.4 cm³/mol. The van der Waals surface area contributed by atoms with E-state index in [2.05, 4.69) is 40.5 Å². The van der Waals surface area contributed by atoms with Gasteiger partial charge in [-0.2, -0.15) is 0 Å². The lowest BCUT2D eigenvalue weighted by molar-refractivity contribution is 0.726. The molecular formula is C14H25IN4. The van der Waals surface area contributed by atoms with Crippen molar-refractivity contribution in [3.8, 4) is 0 Å². The van der Waals surface area contributed by atoms with E-state index in [4.69, 9.17) is 0 Å². The highest BCUT2D eigenvalue weighted by Crippen LogP contribution is 2.04. The number of halogens is 1. The van der Waals surface area contributed by atoms with Gasteiger partial charge in [0.05, 0.1) is 0 Å². The molecule has 0 bridgehead atoms. The summed E-state index contributed by atoms with van der Waals surface area (Å²) in [6, 6.07) is 2.07. The molecule has 5 heteroatoms. The van der Waals surface area contributed by atoms with Gasteiger partial charge in [-0.3, -0.25) is 9.98 Å². The van der Waals surface area contributed by atoms with E-state index in [9.17, 15) is 0 Å². The number of pyridine rings is 1. The molecule has 2 N–H and O–H groups in total. The lowest BCUT2D eigenvalue weighted by Gasteiger charge is -2.12. The Labute approximate surface area is 133 Å². The van der Waals surface area contributed by atoms with Crippen LogP contribution in [-0.2, 0) is 6.42 Å². The van der Waals surface area contributed by atoms with Crippen molar-refractivity contribution in [3.05, 3.63) is 29.6 Å². The van der Waals surface area contributed by atoms with Gasteiger partial charge in [0.25, 0.3) is 0 Å². The van der Waals surface area contributed by atoms with Crippen LogP contribution in [0.4, 0.5) is 0 Å². The molecule has 0 amide bonds. The number of aliphatic imine (C=N–C) groups is 1. The van der Waals surface area contributed by atoms with Gasteiger partial charge in [-0.05, 0) is 37.0 Å². The van der Waals surface area contributed by atoms with Crippen LogP contribution in [0.25, 0.3) is 0 Å². The fourth-order valence-corrected chi connectivity index (χ4v) is 1.70. The molecule has 0 aromatic carbocycles. The summed E-state index contributed by atoms with van der Waals surface area (Å²) in [4.78, 5) is 8.29. The molecule has 0 aliphatic carbocycles. The normalized spacial score (nSPS) is 10.8. The average Bonchev–Trinajstić information content (AvgIpc) is 2.39. The summed E-state index contributed by atoms with van der Waals surface area (Å²) in [6.45, 7) is 6.14. The summed E-state index contributed by atoms with van der Waals surface area (Å²) in [6.07, 6.45) is 7.10. The summed E-state index contributed by atoms with van der Waals surface area (Å²) in [5.74, 6) is 0.884. The van der Waals surface area contributed by atoms with Crippen molar-refractivity contribution in [2.75, 3.05) is 20.1 Å². The molecule has 1 aromatic rings. The Bertz CT molecular complexity index is 379. The first-order valence-corrected chi connectivity index (χ1v) is 6.62. The molecule has 0 unspecified atom stereocenters. The number of unbranched alkanes of at least 4 members (excludes halogenated alkanes) is 1. The molecule has 0 radical (unpaired) electrons. The largest absolute Gasteiger partial charge is 0.356 e. The van der Waals surface area contributed by atoms with Crippen molar-refractivity contribution >= 4 is 29.9 Å². The van der Waals surface area contributed by atoms with E-state index in [0.717, 1.165) is 25.5 Å². The number of rotatable bonds is 6. The molecule has 19 heavy (non-hydrogen) atoms. The van der Waals surface area contributed by atoms with Crippen LogP contribution >= 0.6 is 24.0 Å². The van der Waals surface area contributed by atoms with Crippen molar-refractivity contribution in [2.24, 2.45) is 4.99 Å². The topological polar surface area (TPSA) is 49.3 Å². The Hall–Kier alpha value is -0.850. The summed E-state index contributed by atoms with van der Waals surface area (Å²) in [5.41, 5.74) is 2.58. The molecule has 0 spiro atoms. The first-order chi connectivity index (χ1) is 8.77. The zero-order chi connectivity index (χ0) is 13.2. The maximum atomic E-state index is 4.20. The highest BCUT2D eigenvalue weighted by atomic mass is 127. The second kappa shape index (κ2) is 11.0. The van der Waals surface area contributed by atoms with Gasteiger partial charge in [0.2, 0.25) is 0 Å². The van der Waals surface area contributed by atoms with Gasteiger partial charge in [0.1, 0.15) is 0 Å². The van der Waals surface area contributed by atoms with Crippen LogP contribution in [0.15, 0.2) is 23.5 Å². The van der Waals surface area contributed by atoms with Gasteiger partial charge in [-0.1, -0.05) is 13.3 Å². The Morgan fingerprint density at radius 3 is 2.68 bits per heavy atom. The third-order valence-electron chi connectivity index (χ3n) is 2.87. The molecule has 0 atom stereocenters. The van der Waals surface area contributed by atoms with Crippen LogP contribution < -0.4 is 10.6 Å². The van der Waals surface area contributed by atoms with Crippen LogP contribution in [0, 0.1) is 6.92 Å². The summed E-state index contributed by atoms with van der Waals surface area (Å²) in [5, 5.41) is 6.62. The summed E-state index contributed by atoms with van der Waals surface area (Å²) in [7, 11) is 1.80. The molecular weight excluding hydrogens is 351 g/mol.